The third-order valence-corrected chi connectivity index (χ3v) is 4.79. The second-order valence-corrected chi connectivity index (χ2v) is 5.71. The Morgan fingerprint density at radius 3 is 1.95 bits per heavy atom. The van der Waals surface area contributed by atoms with Gasteiger partial charge in [-0.3, -0.25) is 9.59 Å². The molecule has 0 aliphatic heterocycles. The summed E-state index contributed by atoms with van der Waals surface area (Å²) in [6.07, 6.45) is 0.490. The molecule has 3 rings (SSSR count). The van der Waals surface area contributed by atoms with Crippen LogP contribution in [0.5, 0.6) is 0 Å². The fraction of sp³-hybridized carbons (Fsp3) is 0.263. The van der Waals surface area contributed by atoms with E-state index in [9.17, 15) is 9.59 Å². The highest BCUT2D eigenvalue weighted by Gasteiger charge is 2.53. The van der Waals surface area contributed by atoms with Gasteiger partial charge < -0.3 is 0 Å². The lowest BCUT2D eigenvalue weighted by atomic mass is 9.71. The van der Waals surface area contributed by atoms with E-state index in [0.717, 1.165) is 16.7 Å². The molecule has 2 aromatic rings. The maximum Gasteiger partial charge on any atom is 0.181 e. The van der Waals surface area contributed by atoms with E-state index in [1.54, 1.807) is 12.1 Å². The first-order chi connectivity index (χ1) is 10.0. The molecule has 0 spiro atoms. The Kier molecular flexibility index (Phi) is 3.05. The fourth-order valence-electron chi connectivity index (χ4n) is 3.41. The molecule has 106 valence electrons. The van der Waals surface area contributed by atoms with E-state index in [2.05, 4.69) is 0 Å². The van der Waals surface area contributed by atoms with Crippen molar-refractivity contribution in [3.8, 4) is 0 Å². The number of carbonyl (C=O) groups excluding carboxylic acids is 2. The van der Waals surface area contributed by atoms with E-state index >= 15 is 0 Å². The number of benzene rings is 2. The molecular formula is C19H18O2. The predicted octanol–water partition coefficient (Wildman–Crippen LogP) is 4.03. The summed E-state index contributed by atoms with van der Waals surface area (Å²) in [6.45, 7) is 5.92. The summed E-state index contributed by atoms with van der Waals surface area (Å²) >= 11 is 0. The normalized spacial score (nSPS) is 16.1. The van der Waals surface area contributed by atoms with Gasteiger partial charge in [0, 0.05) is 11.1 Å². The molecule has 21 heavy (non-hydrogen) atoms. The number of hydrogen-bond acceptors (Lipinski definition) is 2. The predicted molar refractivity (Wildman–Crippen MR) is 83.0 cm³/mol. The van der Waals surface area contributed by atoms with Crippen LogP contribution >= 0.6 is 0 Å². The van der Waals surface area contributed by atoms with E-state index in [1.807, 2.05) is 51.1 Å². The molecule has 0 fully saturated rings. The summed E-state index contributed by atoms with van der Waals surface area (Å²) in [5, 5.41) is 0. The lowest BCUT2D eigenvalue weighted by Gasteiger charge is -2.27. The molecule has 2 nitrogen and oxygen atoms in total. The second kappa shape index (κ2) is 4.66. The number of hydrogen-bond donors (Lipinski definition) is 0. The van der Waals surface area contributed by atoms with Crippen LogP contribution in [0.25, 0.3) is 0 Å². The van der Waals surface area contributed by atoms with Crippen molar-refractivity contribution in [2.75, 3.05) is 0 Å². The van der Waals surface area contributed by atoms with Gasteiger partial charge in [-0.25, -0.2) is 0 Å². The maximum atomic E-state index is 13.0. The molecule has 1 aliphatic rings. The topological polar surface area (TPSA) is 34.1 Å². The summed E-state index contributed by atoms with van der Waals surface area (Å²) in [6, 6.07) is 13.0. The second-order valence-electron chi connectivity index (χ2n) is 5.71. The van der Waals surface area contributed by atoms with Crippen LogP contribution in [-0.4, -0.2) is 11.6 Å². The molecular weight excluding hydrogens is 260 g/mol. The molecule has 0 N–H and O–H groups in total. The molecule has 0 radical (unpaired) electrons. The van der Waals surface area contributed by atoms with Crippen LogP contribution in [0.15, 0.2) is 42.5 Å². The SMILES string of the molecule is CCC1(c2cccc(C)c2C)C(=O)c2ccccc2C1=O. The maximum absolute atomic E-state index is 13.0. The molecule has 0 saturated heterocycles. The van der Waals surface area contributed by atoms with Crippen molar-refractivity contribution in [1.29, 1.82) is 0 Å². The molecule has 0 heterocycles. The zero-order chi connectivity index (χ0) is 15.2. The Morgan fingerprint density at radius 2 is 1.43 bits per heavy atom. The van der Waals surface area contributed by atoms with Crippen LogP contribution in [0.3, 0.4) is 0 Å². The number of Topliss-reactive ketones (excluding diaryl/α,β-unsaturated/α-hetero) is 2. The minimum absolute atomic E-state index is 0.0562. The molecule has 2 heteroatoms. The Bertz CT molecular complexity index is 721. The van der Waals surface area contributed by atoms with Gasteiger partial charge in [-0.2, -0.15) is 0 Å². The third kappa shape index (κ3) is 1.65. The Balaban J connectivity index is 2.31. The zero-order valence-corrected chi connectivity index (χ0v) is 12.6. The molecule has 0 saturated carbocycles. The minimum atomic E-state index is -1.04. The highest BCUT2D eigenvalue weighted by atomic mass is 16.2. The van der Waals surface area contributed by atoms with E-state index < -0.39 is 5.41 Å². The monoisotopic (exact) mass is 278 g/mol. The van der Waals surface area contributed by atoms with Crippen molar-refractivity contribution in [1.82, 2.24) is 0 Å². The van der Waals surface area contributed by atoms with Crippen LogP contribution in [0, 0.1) is 13.8 Å². The van der Waals surface area contributed by atoms with Crippen LogP contribution in [0.4, 0.5) is 0 Å². The molecule has 2 aromatic carbocycles. The smallest absolute Gasteiger partial charge is 0.181 e. The highest BCUT2D eigenvalue weighted by molar-refractivity contribution is 6.33. The molecule has 1 aliphatic carbocycles. The lowest BCUT2D eigenvalue weighted by Crippen LogP contribution is -2.38. The van der Waals surface area contributed by atoms with Gasteiger partial charge in [0.1, 0.15) is 5.41 Å². The van der Waals surface area contributed by atoms with Gasteiger partial charge in [0.15, 0.2) is 11.6 Å². The van der Waals surface area contributed by atoms with Gasteiger partial charge in [-0.05, 0) is 37.0 Å². The average Bonchev–Trinajstić information content (AvgIpc) is 2.72. The van der Waals surface area contributed by atoms with E-state index in [1.165, 1.54) is 0 Å². The molecule has 0 bridgehead atoms. The van der Waals surface area contributed by atoms with E-state index in [4.69, 9.17) is 0 Å². The summed E-state index contributed by atoms with van der Waals surface area (Å²) in [5.41, 5.74) is 3.08. The molecule has 0 aromatic heterocycles. The van der Waals surface area contributed by atoms with Crippen molar-refractivity contribution < 1.29 is 9.59 Å². The van der Waals surface area contributed by atoms with Crippen LogP contribution < -0.4 is 0 Å². The van der Waals surface area contributed by atoms with Crippen LogP contribution in [-0.2, 0) is 5.41 Å². The van der Waals surface area contributed by atoms with Crippen molar-refractivity contribution >= 4 is 11.6 Å². The molecule has 0 unspecified atom stereocenters. The van der Waals surface area contributed by atoms with Gasteiger partial charge >= 0.3 is 0 Å². The number of fused-ring (bicyclic) bond motifs is 1. The Morgan fingerprint density at radius 1 is 0.857 bits per heavy atom. The van der Waals surface area contributed by atoms with Gasteiger partial charge in [0.25, 0.3) is 0 Å². The van der Waals surface area contributed by atoms with E-state index in [-0.39, 0.29) is 11.6 Å². The van der Waals surface area contributed by atoms with Gasteiger partial charge in [0.2, 0.25) is 0 Å². The van der Waals surface area contributed by atoms with Crippen molar-refractivity contribution in [2.45, 2.75) is 32.6 Å². The van der Waals surface area contributed by atoms with Crippen LogP contribution in [0.2, 0.25) is 0 Å². The van der Waals surface area contributed by atoms with Gasteiger partial charge in [-0.1, -0.05) is 49.4 Å². The number of aryl methyl sites for hydroxylation is 1. The van der Waals surface area contributed by atoms with E-state index in [0.29, 0.717) is 17.5 Å². The first-order valence-electron chi connectivity index (χ1n) is 7.29. The molecule has 0 atom stereocenters. The van der Waals surface area contributed by atoms with Gasteiger partial charge in [-0.15, -0.1) is 0 Å². The largest absolute Gasteiger partial charge is 0.293 e. The van der Waals surface area contributed by atoms with Crippen molar-refractivity contribution in [3.05, 3.63) is 70.3 Å². The quantitative estimate of drug-likeness (QED) is 0.777. The van der Waals surface area contributed by atoms with Crippen molar-refractivity contribution in [3.63, 3.8) is 0 Å². The minimum Gasteiger partial charge on any atom is -0.293 e. The highest BCUT2D eigenvalue weighted by Crippen LogP contribution is 2.43. The summed E-state index contributed by atoms with van der Waals surface area (Å²) < 4.78 is 0. The fourth-order valence-corrected chi connectivity index (χ4v) is 3.41. The first kappa shape index (κ1) is 13.7. The average molecular weight is 278 g/mol. The number of carbonyl (C=O) groups is 2. The lowest BCUT2D eigenvalue weighted by molar-refractivity contribution is 0.0788. The van der Waals surface area contributed by atoms with Gasteiger partial charge in [0.05, 0.1) is 0 Å². The van der Waals surface area contributed by atoms with Crippen molar-refractivity contribution in [2.24, 2.45) is 0 Å². The summed E-state index contributed by atoms with van der Waals surface area (Å²) in [5.74, 6) is -0.112. The van der Waals surface area contributed by atoms with Crippen LogP contribution in [0.1, 0.15) is 50.8 Å². The third-order valence-electron chi connectivity index (χ3n) is 4.79. The first-order valence-corrected chi connectivity index (χ1v) is 7.29. The Hall–Kier alpha value is -2.22. The Labute approximate surface area is 124 Å². The molecule has 0 amide bonds. The number of ketones is 2. The standard InChI is InChI=1S/C19H18O2/c1-4-19(16-11-7-8-12(2)13(16)3)17(20)14-9-5-6-10-15(14)18(19)21/h5-11H,4H2,1-3H3. The summed E-state index contributed by atoms with van der Waals surface area (Å²) in [4.78, 5) is 26.0. The zero-order valence-electron chi connectivity index (χ0n) is 12.6. The number of rotatable bonds is 2. The summed E-state index contributed by atoms with van der Waals surface area (Å²) in [7, 11) is 0.